The molecule has 0 unspecified atom stereocenters. The summed E-state index contributed by atoms with van der Waals surface area (Å²) < 4.78 is 3.94. The van der Waals surface area contributed by atoms with E-state index >= 15 is 0 Å². The van der Waals surface area contributed by atoms with Crippen LogP contribution in [0, 0.1) is 0 Å². The first-order chi connectivity index (χ1) is 9.25. The predicted octanol–water partition coefficient (Wildman–Crippen LogP) is 2.24. The molecule has 0 aliphatic carbocycles. The maximum atomic E-state index is 11.3. The van der Waals surface area contributed by atoms with E-state index < -0.39 is 5.97 Å². The van der Waals surface area contributed by atoms with Crippen molar-refractivity contribution in [1.29, 1.82) is 0 Å². The Morgan fingerprint density at radius 1 is 1.21 bits per heavy atom. The zero-order chi connectivity index (χ0) is 13.2. The summed E-state index contributed by atoms with van der Waals surface area (Å²) in [7, 11) is 0. The van der Waals surface area contributed by atoms with E-state index in [0.29, 0.717) is 12.1 Å². The summed E-state index contributed by atoms with van der Waals surface area (Å²) in [6, 6.07) is 7.27. The summed E-state index contributed by atoms with van der Waals surface area (Å²) in [5.74, 6) is -0.895. The lowest BCUT2D eigenvalue weighted by Gasteiger charge is -2.08. The van der Waals surface area contributed by atoms with Gasteiger partial charge in [-0.1, -0.05) is 12.1 Å². The number of carboxylic acids is 1. The molecule has 0 amide bonds. The number of aryl methyl sites for hydroxylation is 2. The Labute approximate surface area is 109 Å². The Balaban J connectivity index is 1.97. The van der Waals surface area contributed by atoms with Gasteiger partial charge >= 0.3 is 5.97 Å². The number of carboxylic acid groups (broad SMARTS) is 1. The van der Waals surface area contributed by atoms with Gasteiger partial charge in [0.15, 0.2) is 0 Å². The number of para-hydroxylation sites is 1. The average molecular weight is 255 g/mol. The van der Waals surface area contributed by atoms with Crippen molar-refractivity contribution in [2.45, 2.75) is 13.1 Å². The van der Waals surface area contributed by atoms with Gasteiger partial charge in [0.25, 0.3) is 0 Å². The monoisotopic (exact) mass is 255 g/mol. The number of benzene rings is 1. The Bertz CT molecular complexity index is 713. The molecular formula is C14H13N3O2. The highest BCUT2D eigenvalue weighted by Gasteiger charge is 2.11. The lowest BCUT2D eigenvalue weighted by molar-refractivity contribution is 0.0698. The summed E-state index contributed by atoms with van der Waals surface area (Å²) in [5, 5.41) is 10.2. The molecule has 1 aromatic carbocycles. The number of nitrogens with zero attached hydrogens (tertiary/aromatic N) is 3. The predicted molar refractivity (Wildman–Crippen MR) is 71.1 cm³/mol. The highest BCUT2D eigenvalue weighted by molar-refractivity contribution is 6.02. The molecule has 0 radical (unpaired) electrons. The van der Waals surface area contributed by atoms with Crippen molar-refractivity contribution in [1.82, 2.24) is 14.1 Å². The van der Waals surface area contributed by atoms with Crippen molar-refractivity contribution in [2.75, 3.05) is 0 Å². The minimum Gasteiger partial charge on any atom is -0.478 e. The Hall–Kier alpha value is -2.56. The second-order valence-electron chi connectivity index (χ2n) is 4.36. The zero-order valence-electron chi connectivity index (χ0n) is 10.2. The van der Waals surface area contributed by atoms with Gasteiger partial charge in [-0.25, -0.2) is 9.78 Å². The number of imidazole rings is 1. The molecule has 0 aliphatic heterocycles. The van der Waals surface area contributed by atoms with Crippen molar-refractivity contribution in [3.63, 3.8) is 0 Å². The molecule has 3 rings (SSSR count). The van der Waals surface area contributed by atoms with Gasteiger partial charge in [0.05, 0.1) is 17.4 Å². The topological polar surface area (TPSA) is 60.0 Å². The molecule has 0 bridgehead atoms. The Morgan fingerprint density at radius 2 is 2.11 bits per heavy atom. The summed E-state index contributed by atoms with van der Waals surface area (Å²) in [6.07, 6.45) is 7.30. The fourth-order valence-electron chi connectivity index (χ4n) is 2.26. The van der Waals surface area contributed by atoms with Crippen LogP contribution in [0.3, 0.4) is 0 Å². The number of hydrogen-bond donors (Lipinski definition) is 1. The minimum atomic E-state index is -0.895. The first-order valence-corrected chi connectivity index (χ1v) is 6.02. The zero-order valence-corrected chi connectivity index (χ0v) is 10.2. The van der Waals surface area contributed by atoms with Gasteiger partial charge in [0, 0.05) is 37.1 Å². The molecule has 3 aromatic rings. The van der Waals surface area contributed by atoms with Gasteiger partial charge in [0.2, 0.25) is 0 Å². The molecule has 0 aliphatic rings. The van der Waals surface area contributed by atoms with E-state index in [-0.39, 0.29) is 0 Å². The van der Waals surface area contributed by atoms with E-state index in [1.165, 1.54) is 0 Å². The Kier molecular flexibility index (Phi) is 2.79. The quantitative estimate of drug-likeness (QED) is 0.777. The van der Waals surface area contributed by atoms with Crippen molar-refractivity contribution >= 4 is 16.9 Å². The summed E-state index contributed by atoms with van der Waals surface area (Å²) in [6.45, 7) is 1.47. The molecule has 96 valence electrons. The van der Waals surface area contributed by atoms with Gasteiger partial charge in [-0.05, 0) is 12.1 Å². The van der Waals surface area contributed by atoms with E-state index in [1.54, 1.807) is 24.7 Å². The number of hydrogen-bond acceptors (Lipinski definition) is 2. The second kappa shape index (κ2) is 4.61. The van der Waals surface area contributed by atoms with Crippen LogP contribution in [-0.4, -0.2) is 25.2 Å². The fraction of sp³-hybridized carbons (Fsp3) is 0.143. The minimum absolute atomic E-state index is 0.341. The van der Waals surface area contributed by atoms with Crippen LogP contribution in [0.1, 0.15) is 10.4 Å². The lowest BCUT2D eigenvalue weighted by Crippen LogP contribution is -2.07. The molecule has 0 saturated carbocycles. The van der Waals surface area contributed by atoms with E-state index in [2.05, 4.69) is 4.98 Å². The molecule has 2 heterocycles. The number of rotatable bonds is 4. The molecule has 19 heavy (non-hydrogen) atoms. The van der Waals surface area contributed by atoms with Gasteiger partial charge in [-0.15, -0.1) is 0 Å². The van der Waals surface area contributed by atoms with Crippen LogP contribution < -0.4 is 0 Å². The fourth-order valence-corrected chi connectivity index (χ4v) is 2.26. The molecule has 5 nitrogen and oxygen atoms in total. The summed E-state index contributed by atoms with van der Waals surface area (Å²) in [5.41, 5.74) is 1.11. The smallest absolute Gasteiger partial charge is 0.337 e. The standard InChI is InChI=1S/C14H13N3O2/c18-14(19)12-3-1-2-11-4-6-17(13(11)12)9-8-16-7-5-15-10-16/h1-7,10H,8-9H2,(H,18,19). The lowest BCUT2D eigenvalue weighted by atomic mass is 10.1. The van der Waals surface area contributed by atoms with Crippen LogP contribution in [0.2, 0.25) is 0 Å². The first-order valence-electron chi connectivity index (χ1n) is 6.02. The summed E-state index contributed by atoms with van der Waals surface area (Å²) >= 11 is 0. The van der Waals surface area contributed by atoms with E-state index in [4.69, 9.17) is 0 Å². The third-order valence-corrected chi connectivity index (χ3v) is 3.18. The normalized spacial score (nSPS) is 10.9. The molecule has 0 spiro atoms. The van der Waals surface area contributed by atoms with Crippen molar-refractivity contribution < 1.29 is 9.90 Å². The van der Waals surface area contributed by atoms with Crippen LogP contribution in [0.4, 0.5) is 0 Å². The highest BCUT2D eigenvalue weighted by Crippen LogP contribution is 2.20. The van der Waals surface area contributed by atoms with E-state index in [0.717, 1.165) is 17.4 Å². The Morgan fingerprint density at radius 3 is 2.84 bits per heavy atom. The number of aromatic carboxylic acids is 1. The second-order valence-corrected chi connectivity index (χ2v) is 4.36. The highest BCUT2D eigenvalue weighted by atomic mass is 16.4. The molecule has 0 atom stereocenters. The number of fused-ring (bicyclic) bond motifs is 1. The van der Waals surface area contributed by atoms with Gasteiger partial charge in [-0.2, -0.15) is 0 Å². The van der Waals surface area contributed by atoms with Crippen molar-refractivity contribution in [3.05, 3.63) is 54.7 Å². The van der Waals surface area contributed by atoms with Crippen molar-refractivity contribution in [2.24, 2.45) is 0 Å². The SMILES string of the molecule is O=C(O)c1cccc2ccn(CCn3ccnc3)c12. The molecule has 5 heteroatoms. The average Bonchev–Trinajstić information content (AvgIpc) is 3.05. The summed E-state index contributed by atoms with van der Waals surface area (Å²) in [4.78, 5) is 15.3. The molecule has 1 N–H and O–H groups in total. The molecule has 2 aromatic heterocycles. The van der Waals surface area contributed by atoms with Gasteiger partial charge in [0.1, 0.15) is 0 Å². The number of carbonyl (C=O) groups is 1. The van der Waals surface area contributed by atoms with Gasteiger partial charge < -0.3 is 14.2 Å². The van der Waals surface area contributed by atoms with Crippen molar-refractivity contribution in [3.8, 4) is 0 Å². The molecule has 0 fully saturated rings. The van der Waals surface area contributed by atoms with Crippen LogP contribution in [-0.2, 0) is 13.1 Å². The third-order valence-electron chi connectivity index (χ3n) is 3.18. The van der Waals surface area contributed by atoms with Crippen LogP contribution in [0.15, 0.2) is 49.2 Å². The van der Waals surface area contributed by atoms with Crippen LogP contribution in [0.25, 0.3) is 10.9 Å². The maximum Gasteiger partial charge on any atom is 0.337 e. The van der Waals surface area contributed by atoms with E-state index in [9.17, 15) is 9.90 Å². The first kappa shape index (κ1) is 11.5. The largest absolute Gasteiger partial charge is 0.478 e. The van der Waals surface area contributed by atoms with Crippen LogP contribution in [0.5, 0.6) is 0 Å². The third kappa shape index (κ3) is 2.10. The van der Waals surface area contributed by atoms with Gasteiger partial charge in [-0.3, -0.25) is 0 Å². The molecule has 0 saturated heterocycles. The maximum absolute atomic E-state index is 11.3. The van der Waals surface area contributed by atoms with E-state index in [1.807, 2.05) is 33.7 Å². The number of aromatic nitrogens is 3. The molecular weight excluding hydrogens is 242 g/mol. The van der Waals surface area contributed by atoms with Crippen LogP contribution >= 0.6 is 0 Å².